The number of H-pyrrole nitrogens is 2. The first kappa shape index (κ1) is 11.8. The summed E-state index contributed by atoms with van der Waals surface area (Å²) >= 11 is 0. The van der Waals surface area contributed by atoms with Crippen LogP contribution in [0.15, 0.2) is 4.79 Å². The lowest BCUT2D eigenvalue weighted by molar-refractivity contribution is 0.0832. The zero-order valence-electron chi connectivity index (χ0n) is 9.40. The first-order chi connectivity index (χ1) is 8.16. The predicted octanol–water partition coefficient (Wildman–Crippen LogP) is -0.621. The lowest BCUT2D eigenvalue weighted by Gasteiger charge is -2.17. The van der Waals surface area contributed by atoms with Crippen molar-refractivity contribution in [3.8, 4) is 0 Å². The van der Waals surface area contributed by atoms with Gasteiger partial charge in [-0.1, -0.05) is 12.8 Å². The highest BCUT2D eigenvalue weighted by molar-refractivity contribution is 5.90. The number of hydrogen-bond acceptors (Lipinski definition) is 4. The van der Waals surface area contributed by atoms with Crippen LogP contribution in [0, 0.1) is 5.92 Å². The molecular formula is C10H16N4O3. The standard InChI is InChI=1S/C10H16N4O3/c15-7(6-3-1-2-4-6)5-11-9(16)8-12-10(17)14-13-8/h6-7,15H,1-5H2,(H,11,16)(H2,12,13,14,17). The second-order valence-corrected chi connectivity index (χ2v) is 4.35. The van der Waals surface area contributed by atoms with E-state index in [4.69, 9.17) is 0 Å². The van der Waals surface area contributed by atoms with E-state index in [0.717, 1.165) is 25.7 Å². The van der Waals surface area contributed by atoms with Crippen LogP contribution in [0.3, 0.4) is 0 Å². The molecule has 17 heavy (non-hydrogen) atoms. The molecule has 1 atom stereocenters. The summed E-state index contributed by atoms with van der Waals surface area (Å²) in [5.41, 5.74) is -0.522. The molecule has 1 unspecified atom stereocenters. The Labute approximate surface area is 97.6 Å². The maximum absolute atomic E-state index is 11.5. The number of aromatic amines is 2. The van der Waals surface area contributed by atoms with Gasteiger partial charge in [0.15, 0.2) is 0 Å². The minimum absolute atomic E-state index is 0.0615. The first-order valence-electron chi connectivity index (χ1n) is 5.78. The molecule has 1 amide bonds. The largest absolute Gasteiger partial charge is 0.391 e. The van der Waals surface area contributed by atoms with E-state index in [0.29, 0.717) is 0 Å². The molecule has 1 aromatic heterocycles. The van der Waals surface area contributed by atoms with Crippen molar-refractivity contribution in [2.45, 2.75) is 31.8 Å². The Morgan fingerprint density at radius 1 is 1.53 bits per heavy atom. The average molecular weight is 240 g/mol. The maximum atomic E-state index is 11.5. The number of amides is 1. The van der Waals surface area contributed by atoms with Gasteiger partial charge in [0, 0.05) is 6.54 Å². The summed E-state index contributed by atoms with van der Waals surface area (Å²) < 4.78 is 0. The van der Waals surface area contributed by atoms with Gasteiger partial charge in [-0.15, -0.1) is 5.10 Å². The Kier molecular flexibility index (Phi) is 3.58. The second-order valence-electron chi connectivity index (χ2n) is 4.35. The van der Waals surface area contributed by atoms with E-state index >= 15 is 0 Å². The van der Waals surface area contributed by atoms with Gasteiger partial charge in [0.05, 0.1) is 6.10 Å². The fourth-order valence-corrected chi connectivity index (χ4v) is 2.17. The summed E-state index contributed by atoms with van der Waals surface area (Å²) in [5, 5.41) is 18.0. The Morgan fingerprint density at radius 2 is 2.24 bits per heavy atom. The van der Waals surface area contributed by atoms with Gasteiger partial charge in [-0.25, -0.2) is 9.89 Å². The molecule has 1 saturated carbocycles. The third-order valence-electron chi connectivity index (χ3n) is 3.13. The van der Waals surface area contributed by atoms with Gasteiger partial charge >= 0.3 is 5.69 Å². The van der Waals surface area contributed by atoms with Crippen molar-refractivity contribution in [2.75, 3.05) is 6.54 Å². The molecule has 1 aliphatic rings. The number of aliphatic hydroxyl groups excluding tert-OH is 1. The predicted molar refractivity (Wildman–Crippen MR) is 59.5 cm³/mol. The highest BCUT2D eigenvalue weighted by atomic mass is 16.3. The Balaban J connectivity index is 1.81. The normalized spacial score (nSPS) is 18.2. The minimum atomic E-state index is -0.522. The first-order valence-corrected chi connectivity index (χ1v) is 5.78. The third-order valence-corrected chi connectivity index (χ3v) is 3.13. The number of aromatic nitrogens is 3. The van der Waals surface area contributed by atoms with Crippen LogP contribution in [0.4, 0.5) is 0 Å². The number of nitrogens with one attached hydrogen (secondary N) is 3. The lowest BCUT2D eigenvalue weighted by Crippen LogP contribution is -2.36. The molecular weight excluding hydrogens is 224 g/mol. The van der Waals surface area contributed by atoms with Crippen LogP contribution in [0.1, 0.15) is 36.3 Å². The lowest BCUT2D eigenvalue weighted by atomic mass is 10.0. The summed E-state index contributed by atoms with van der Waals surface area (Å²) in [6.45, 7) is 0.193. The molecule has 2 rings (SSSR count). The van der Waals surface area contributed by atoms with Crippen LogP contribution in [0.2, 0.25) is 0 Å². The number of nitrogens with zero attached hydrogens (tertiary/aromatic N) is 1. The van der Waals surface area contributed by atoms with Crippen LogP contribution < -0.4 is 11.0 Å². The summed E-state index contributed by atoms with van der Waals surface area (Å²) in [6, 6.07) is 0. The number of carbonyl (C=O) groups excluding carboxylic acids is 1. The van der Waals surface area contributed by atoms with E-state index < -0.39 is 17.7 Å². The molecule has 94 valence electrons. The van der Waals surface area contributed by atoms with Crippen molar-refractivity contribution >= 4 is 5.91 Å². The molecule has 0 radical (unpaired) electrons. The zero-order chi connectivity index (χ0) is 12.3. The van der Waals surface area contributed by atoms with E-state index in [1.807, 2.05) is 0 Å². The summed E-state index contributed by atoms with van der Waals surface area (Å²) in [6.07, 6.45) is 3.78. The van der Waals surface area contributed by atoms with Crippen molar-refractivity contribution in [1.29, 1.82) is 0 Å². The zero-order valence-corrected chi connectivity index (χ0v) is 9.40. The Hall–Kier alpha value is -1.63. The number of rotatable bonds is 4. The molecule has 0 aliphatic heterocycles. The van der Waals surface area contributed by atoms with Gasteiger partial charge in [-0.3, -0.25) is 9.78 Å². The van der Waals surface area contributed by atoms with Crippen LogP contribution >= 0.6 is 0 Å². The number of hydrogen-bond donors (Lipinski definition) is 4. The molecule has 7 heteroatoms. The number of aliphatic hydroxyl groups is 1. The van der Waals surface area contributed by atoms with E-state index in [1.54, 1.807) is 0 Å². The Bertz CT molecular complexity index is 433. The molecule has 1 fully saturated rings. The van der Waals surface area contributed by atoms with E-state index in [9.17, 15) is 14.7 Å². The maximum Gasteiger partial charge on any atom is 0.341 e. The monoisotopic (exact) mass is 240 g/mol. The molecule has 1 aromatic rings. The molecule has 0 aromatic carbocycles. The van der Waals surface area contributed by atoms with Gasteiger partial charge in [0.25, 0.3) is 5.91 Å². The summed E-state index contributed by atoms with van der Waals surface area (Å²) in [5.74, 6) is -0.275. The molecule has 1 aliphatic carbocycles. The highest BCUT2D eigenvalue weighted by Crippen LogP contribution is 2.27. The minimum Gasteiger partial charge on any atom is -0.391 e. The second kappa shape index (κ2) is 5.13. The highest BCUT2D eigenvalue weighted by Gasteiger charge is 2.23. The van der Waals surface area contributed by atoms with Crippen molar-refractivity contribution in [3.05, 3.63) is 16.3 Å². The summed E-state index contributed by atoms with van der Waals surface area (Å²) in [7, 11) is 0. The van der Waals surface area contributed by atoms with Gasteiger partial charge in [0.2, 0.25) is 5.82 Å². The van der Waals surface area contributed by atoms with Crippen molar-refractivity contribution < 1.29 is 9.90 Å². The van der Waals surface area contributed by atoms with Crippen molar-refractivity contribution in [2.24, 2.45) is 5.92 Å². The van der Waals surface area contributed by atoms with Gasteiger partial charge in [0.1, 0.15) is 0 Å². The molecule has 0 bridgehead atoms. The average Bonchev–Trinajstić information content (AvgIpc) is 2.95. The van der Waals surface area contributed by atoms with Crippen molar-refractivity contribution in [3.63, 3.8) is 0 Å². The fraction of sp³-hybridized carbons (Fsp3) is 0.700. The quantitative estimate of drug-likeness (QED) is 0.562. The van der Waals surface area contributed by atoms with Gasteiger partial charge in [-0.05, 0) is 18.8 Å². The molecule has 0 spiro atoms. The fourth-order valence-electron chi connectivity index (χ4n) is 2.17. The Morgan fingerprint density at radius 3 is 2.82 bits per heavy atom. The molecule has 1 heterocycles. The van der Waals surface area contributed by atoms with Gasteiger partial charge in [-0.2, -0.15) is 0 Å². The van der Waals surface area contributed by atoms with E-state index in [2.05, 4.69) is 20.5 Å². The van der Waals surface area contributed by atoms with Crippen LogP contribution in [-0.4, -0.2) is 38.8 Å². The van der Waals surface area contributed by atoms with Crippen molar-refractivity contribution in [1.82, 2.24) is 20.5 Å². The molecule has 7 nitrogen and oxygen atoms in total. The van der Waals surface area contributed by atoms with Gasteiger partial charge < -0.3 is 10.4 Å². The summed E-state index contributed by atoms with van der Waals surface area (Å²) in [4.78, 5) is 24.5. The van der Waals surface area contributed by atoms with Crippen LogP contribution in [0.25, 0.3) is 0 Å². The SMILES string of the molecule is O=C(NCC(O)C1CCCC1)c1n[nH]c(=O)[nH]1. The van der Waals surface area contributed by atoms with Crippen LogP contribution in [-0.2, 0) is 0 Å². The topological polar surface area (TPSA) is 111 Å². The van der Waals surface area contributed by atoms with Crippen LogP contribution in [0.5, 0.6) is 0 Å². The molecule has 0 saturated heterocycles. The van der Waals surface area contributed by atoms with E-state index in [1.165, 1.54) is 0 Å². The molecule has 4 N–H and O–H groups in total. The van der Waals surface area contributed by atoms with E-state index in [-0.39, 0.29) is 18.3 Å². The smallest absolute Gasteiger partial charge is 0.341 e. The number of carbonyl (C=O) groups is 1. The third kappa shape index (κ3) is 2.94.